The molecule has 1 aromatic heterocycles. The Bertz CT molecular complexity index is 1020. The first-order valence-corrected chi connectivity index (χ1v) is 10.1. The van der Waals surface area contributed by atoms with E-state index in [4.69, 9.17) is 4.42 Å². The van der Waals surface area contributed by atoms with Gasteiger partial charge in [-0.2, -0.15) is 0 Å². The molecule has 0 N–H and O–H groups in total. The molecular formula is C24H28N2O2. The van der Waals surface area contributed by atoms with Crippen LogP contribution in [-0.4, -0.2) is 31.1 Å². The lowest BCUT2D eigenvalue weighted by molar-refractivity contribution is 0.250. The van der Waals surface area contributed by atoms with Crippen LogP contribution in [0.2, 0.25) is 0 Å². The van der Waals surface area contributed by atoms with Gasteiger partial charge in [0, 0.05) is 49.9 Å². The number of aryl methyl sites for hydroxylation is 1. The third-order valence-electron chi connectivity index (χ3n) is 5.73. The molecule has 4 heteroatoms. The Kier molecular flexibility index (Phi) is 5.23. The van der Waals surface area contributed by atoms with Gasteiger partial charge in [-0.25, -0.2) is 4.79 Å². The van der Waals surface area contributed by atoms with Gasteiger partial charge < -0.3 is 9.32 Å². The fourth-order valence-electron chi connectivity index (χ4n) is 4.19. The third kappa shape index (κ3) is 3.83. The van der Waals surface area contributed by atoms with Crippen LogP contribution in [0.4, 0.5) is 5.69 Å². The summed E-state index contributed by atoms with van der Waals surface area (Å²) in [4.78, 5) is 17.0. The summed E-state index contributed by atoms with van der Waals surface area (Å²) < 4.78 is 5.50. The second-order valence-corrected chi connectivity index (χ2v) is 8.05. The summed E-state index contributed by atoms with van der Waals surface area (Å²) in [6.45, 7) is 11.2. The van der Waals surface area contributed by atoms with E-state index in [1.165, 1.54) is 16.8 Å². The molecule has 3 aromatic rings. The van der Waals surface area contributed by atoms with Gasteiger partial charge in [-0.15, -0.1) is 0 Å². The van der Waals surface area contributed by atoms with E-state index in [9.17, 15) is 4.79 Å². The van der Waals surface area contributed by atoms with Crippen molar-refractivity contribution in [2.75, 3.05) is 31.1 Å². The van der Waals surface area contributed by atoms with Crippen LogP contribution in [0.25, 0.3) is 11.0 Å². The van der Waals surface area contributed by atoms with E-state index in [2.05, 4.69) is 67.0 Å². The maximum atomic E-state index is 12.1. The van der Waals surface area contributed by atoms with Crippen LogP contribution < -0.4 is 10.5 Å². The molecule has 2 aromatic carbocycles. The summed E-state index contributed by atoms with van der Waals surface area (Å²) in [5, 5.41) is 1.07. The van der Waals surface area contributed by atoms with Crippen molar-refractivity contribution < 1.29 is 4.42 Å². The summed E-state index contributed by atoms with van der Waals surface area (Å²) in [5.41, 5.74) is 5.29. The van der Waals surface area contributed by atoms with Crippen molar-refractivity contribution >= 4 is 16.7 Å². The number of nitrogens with zero attached hydrogens (tertiary/aromatic N) is 2. The minimum absolute atomic E-state index is 0.262. The molecule has 4 nitrogen and oxygen atoms in total. The summed E-state index contributed by atoms with van der Waals surface area (Å²) >= 11 is 0. The van der Waals surface area contributed by atoms with Crippen molar-refractivity contribution in [2.45, 2.75) is 33.2 Å². The van der Waals surface area contributed by atoms with Gasteiger partial charge in [-0.05, 0) is 53.8 Å². The molecule has 0 unspecified atom stereocenters. The molecule has 0 spiro atoms. The van der Waals surface area contributed by atoms with Crippen LogP contribution in [0.15, 0.2) is 57.7 Å². The van der Waals surface area contributed by atoms with Crippen molar-refractivity contribution in [1.82, 2.24) is 4.90 Å². The van der Waals surface area contributed by atoms with E-state index in [1.807, 2.05) is 6.07 Å². The molecule has 0 aliphatic carbocycles. The van der Waals surface area contributed by atoms with E-state index in [0.29, 0.717) is 11.5 Å². The largest absolute Gasteiger partial charge is 0.423 e. The van der Waals surface area contributed by atoms with Crippen molar-refractivity contribution in [3.05, 3.63) is 75.6 Å². The van der Waals surface area contributed by atoms with Crippen LogP contribution >= 0.6 is 0 Å². The first kappa shape index (κ1) is 18.8. The topological polar surface area (TPSA) is 36.7 Å². The summed E-state index contributed by atoms with van der Waals surface area (Å²) in [6, 6.07) is 16.5. The molecule has 0 bridgehead atoms. The molecule has 28 heavy (non-hydrogen) atoms. The van der Waals surface area contributed by atoms with Crippen molar-refractivity contribution in [3.8, 4) is 0 Å². The Balaban J connectivity index is 1.56. The van der Waals surface area contributed by atoms with Crippen molar-refractivity contribution in [2.24, 2.45) is 0 Å². The Morgan fingerprint density at radius 2 is 1.71 bits per heavy atom. The number of hydrogen-bond acceptors (Lipinski definition) is 4. The monoisotopic (exact) mass is 376 g/mol. The summed E-state index contributed by atoms with van der Waals surface area (Å²) in [6.07, 6.45) is 0. The lowest BCUT2D eigenvalue weighted by Gasteiger charge is -2.36. The number of rotatable bonds is 4. The molecule has 1 fully saturated rings. The zero-order valence-corrected chi connectivity index (χ0v) is 16.9. The zero-order valence-electron chi connectivity index (χ0n) is 16.9. The highest BCUT2D eigenvalue weighted by Crippen LogP contribution is 2.27. The van der Waals surface area contributed by atoms with E-state index in [1.54, 1.807) is 6.07 Å². The third-order valence-corrected chi connectivity index (χ3v) is 5.73. The molecule has 0 saturated carbocycles. The van der Waals surface area contributed by atoms with E-state index in [0.717, 1.165) is 43.7 Å². The average Bonchev–Trinajstić information content (AvgIpc) is 2.68. The van der Waals surface area contributed by atoms with E-state index in [-0.39, 0.29) is 5.63 Å². The average molecular weight is 377 g/mol. The van der Waals surface area contributed by atoms with Gasteiger partial charge in [0.1, 0.15) is 5.58 Å². The number of anilines is 1. The Labute approximate surface area is 166 Å². The number of hydrogen-bond donors (Lipinski definition) is 0. The minimum Gasteiger partial charge on any atom is -0.423 e. The lowest BCUT2D eigenvalue weighted by atomic mass is 9.95. The summed E-state index contributed by atoms with van der Waals surface area (Å²) in [5.74, 6) is 0.443. The van der Waals surface area contributed by atoms with Crippen LogP contribution in [-0.2, 0) is 6.54 Å². The van der Waals surface area contributed by atoms with Gasteiger partial charge >= 0.3 is 5.63 Å². The fourth-order valence-corrected chi connectivity index (χ4v) is 4.19. The maximum Gasteiger partial charge on any atom is 0.336 e. The van der Waals surface area contributed by atoms with Crippen molar-refractivity contribution in [3.63, 3.8) is 0 Å². The molecule has 1 saturated heterocycles. The number of fused-ring (bicyclic) bond motifs is 1. The second-order valence-electron chi connectivity index (χ2n) is 8.05. The molecule has 0 radical (unpaired) electrons. The van der Waals surface area contributed by atoms with Gasteiger partial charge in [-0.1, -0.05) is 32.0 Å². The normalized spacial score (nSPS) is 15.5. The Morgan fingerprint density at radius 1 is 1.00 bits per heavy atom. The highest BCUT2D eigenvalue weighted by molar-refractivity contribution is 5.82. The summed E-state index contributed by atoms with van der Waals surface area (Å²) in [7, 11) is 0. The van der Waals surface area contributed by atoms with Crippen LogP contribution in [0.3, 0.4) is 0 Å². The van der Waals surface area contributed by atoms with E-state index < -0.39 is 0 Å². The van der Waals surface area contributed by atoms with Crippen LogP contribution in [0.1, 0.15) is 36.5 Å². The quantitative estimate of drug-likeness (QED) is 0.626. The molecular weight excluding hydrogens is 348 g/mol. The van der Waals surface area contributed by atoms with E-state index >= 15 is 0 Å². The first-order chi connectivity index (χ1) is 13.5. The highest BCUT2D eigenvalue weighted by Gasteiger charge is 2.19. The minimum atomic E-state index is -0.262. The molecule has 4 rings (SSSR count). The molecule has 1 aliphatic heterocycles. The number of piperazine rings is 1. The molecule has 0 amide bonds. The lowest BCUT2D eigenvalue weighted by Crippen LogP contribution is -2.46. The van der Waals surface area contributed by atoms with Crippen molar-refractivity contribution in [1.29, 1.82) is 0 Å². The second kappa shape index (κ2) is 7.80. The van der Waals surface area contributed by atoms with Crippen LogP contribution in [0.5, 0.6) is 0 Å². The predicted octanol–water partition coefficient (Wildman–Crippen LogP) is 4.55. The number of para-hydroxylation sites is 1. The predicted molar refractivity (Wildman–Crippen MR) is 115 cm³/mol. The highest BCUT2D eigenvalue weighted by atomic mass is 16.4. The van der Waals surface area contributed by atoms with Gasteiger partial charge in [0.2, 0.25) is 0 Å². The first-order valence-electron chi connectivity index (χ1n) is 10.1. The van der Waals surface area contributed by atoms with Crippen LogP contribution in [0, 0.1) is 6.92 Å². The fraction of sp³-hybridized carbons (Fsp3) is 0.375. The maximum absolute atomic E-state index is 12.1. The standard InChI is InChI=1S/C24H28N2O2/c1-17(2)21-15-22-19(14-24(27)28-23(22)13-18(21)3)16-25-9-11-26(12-10-25)20-7-5-4-6-8-20/h4-8,13-15,17H,9-12,16H2,1-3H3. The SMILES string of the molecule is Cc1cc2oc(=O)cc(CN3CCN(c4ccccc4)CC3)c2cc1C(C)C. The zero-order chi connectivity index (χ0) is 19.7. The van der Waals surface area contributed by atoms with Gasteiger partial charge in [0.15, 0.2) is 0 Å². The molecule has 1 aliphatic rings. The van der Waals surface area contributed by atoms with Gasteiger partial charge in [-0.3, -0.25) is 4.90 Å². The van der Waals surface area contributed by atoms with Gasteiger partial charge in [0.25, 0.3) is 0 Å². The number of benzene rings is 2. The van der Waals surface area contributed by atoms with Gasteiger partial charge in [0.05, 0.1) is 0 Å². The molecule has 2 heterocycles. The molecule has 146 valence electrons. The Morgan fingerprint density at radius 3 is 2.39 bits per heavy atom. The smallest absolute Gasteiger partial charge is 0.336 e. The molecule has 0 atom stereocenters. The Hall–Kier alpha value is -2.59.